The van der Waals surface area contributed by atoms with E-state index in [1.807, 2.05) is 18.2 Å². The van der Waals surface area contributed by atoms with E-state index in [0.717, 1.165) is 36.8 Å². The molecule has 0 radical (unpaired) electrons. The van der Waals surface area contributed by atoms with Crippen molar-refractivity contribution in [2.45, 2.75) is 13.3 Å². The first-order valence-electron chi connectivity index (χ1n) is 6.14. The average Bonchev–Trinajstić information content (AvgIpc) is 2.39. The van der Waals surface area contributed by atoms with Gasteiger partial charge in [0.25, 0.3) is 0 Å². The molecule has 1 N–H and O–H groups in total. The van der Waals surface area contributed by atoms with Crippen LogP contribution in [0.1, 0.15) is 13.3 Å². The number of nitrogens with one attached hydrogen (secondary N) is 1. The summed E-state index contributed by atoms with van der Waals surface area (Å²) >= 11 is 0. The summed E-state index contributed by atoms with van der Waals surface area (Å²) in [5.74, 6) is 2.27. The zero-order valence-corrected chi connectivity index (χ0v) is 10.2. The van der Waals surface area contributed by atoms with Gasteiger partial charge in [-0.15, -0.1) is 0 Å². The normalized spacial score (nSPS) is 13.5. The van der Waals surface area contributed by atoms with E-state index in [1.165, 1.54) is 0 Å². The summed E-state index contributed by atoms with van der Waals surface area (Å²) in [6, 6.07) is 5.73. The highest BCUT2D eigenvalue weighted by atomic mass is 16.6. The fourth-order valence-electron chi connectivity index (χ4n) is 1.70. The standard InChI is InChI=1S/C13H19NO3/c1-2-6-14-7-8-15-11-4-3-5-12-13(11)17-10-9-16-12/h3-5,14H,2,6-10H2,1H3. The van der Waals surface area contributed by atoms with Crippen LogP contribution in [0, 0.1) is 0 Å². The molecule has 1 aliphatic rings. The van der Waals surface area contributed by atoms with Crippen molar-refractivity contribution < 1.29 is 14.2 Å². The molecule has 1 aromatic rings. The van der Waals surface area contributed by atoms with E-state index in [0.29, 0.717) is 19.8 Å². The number of benzene rings is 1. The third-order valence-electron chi connectivity index (χ3n) is 2.49. The molecule has 0 saturated heterocycles. The van der Waals surface area contributed by atoms with Gasteiger partial charge >= 0.3 is 0 Å². The molecule has 17 heavy (non-hydrogen) atoms. The van der Waals surface area contributed by atoms with Crippen LogP contribution in [-0.2, 0) is 0 Å². The van der Waals surface area contributed by atoms with Crippen LogP contribution in [0.15, 0.2) is 18.2 Å². The van der Waals surface area contributed by atoms with E-state index in [9.17, 15) is 0 Å². The lowest BCUT2D eigenvalue weighted by Crippen LogP contribution is -2.22. The highest BCUT2D eigenvalue weighted by Gasteiger charge is 2.16. The molecular weight excluding hydrogens is 218 g/mol. The molecule has 1 heterocycles. The van der Waals surface area contributed by atoms with Crippen molar-refractivity contribution in [3.05, 3.63) is 18.2 Å². The molecule has 0 aromatic heterocycles. The zero-order valence-electron chi connectivity index (χ0n) is 10.2. The van der Waals surface area contributed by atoms with Crippen molar-refractivity contribution in [2.24, 2.45) is 0 Å². The molecule has 4 heteroatoms. The van der Waals surface area contributed by atoms with Crippen molar-refractivity contribution in [3.8, 4) is 17.2 Å². The molecule has 1 aromatic carbocycles. The largest absolute Gasteiger partial charge is 0.488 e. The van der Waals surface area contributed by atoms with Crippen molar-refractivity contribution >= 4 is 0 Å². The molecule has 0 bridgehead atoms. The third-order valence-corrected chi connectivity index (χ3v) is 2.49. The summed E-state index contributed by atoms with van der Waals surface area (Å²) in [6.45, 7) is 5.84. The van der Waals surface area contributed by atoms with Crippen LogP contribution >= 0.6 is 0 Å². The Morgan fingerprint density at radius 3 is 3.00 bits per heavy atom. The smallest absolute Gasteiger partial charge is 0.203 e. The Hall–Kier alpha value is -1.42. The molecule has 94 valence electrons. The first-order chi connectivity index (χ1) is 8.42. The molecule has 0 fully saturated rings. The van der Waals surface area contributed by atoms with E-state index in [2.05, 4.69) is 12.2 Å². The fourth-order valence-corrected chi connectivity index (χ4v) is 1.70. The van der Waals surface area contributed by atoms with Gasteiger partial charge in [0.2, 0.25) is 5.75 Å². The maximum absolute atomic E-state index is 5.68. The Morgan fingerprint density at radius 2 is 2.12 bits per heavy atom. The van der Waals surface area contributed by atoms with Crippen LogP contribution in [-0.4, -0.2) is 32.9 Å². The summed E-state index contributed by atoms with van der Waals surface area (Å²) < 4.78 is 16.7. The maximum atomic E-state index is 5.68. The zero-order chi connectivity index (χ0) is 11.9. The second-order valence-electron chi connectivity index (χ2n) is 3.88. The molecule has 0 aliphatic carbocycles. The van der Waals surface area contributed by atoms with Gasteiger partial charge in [-0.05, 0) is 25.1 Å². The van der Waals surface area contributed by atoms with Crippen molar-refractivity contribution in [1.82, 2.24) is 5.32 Å². The number of fused-ring (bicyclic) bond motifs is 1. The summed E-state index contributed by atoms with van der Waals surface area (Å²) in [5.41, 5.74) is 0. The molecule has 4 nitrogen and oxygen atoms in total. The van der Waals surface area contributed by atoms with Crippen LogP contribution in [0.3, 0.4) is 0 Å². The SMILES string of the molecule is CCCNCCOc1cccc2c1OCCO2. The van der Waals surface area contributed by atoms with Crippen LogP contribution in [0.25, 0.3) is 0 Å². The topological polar surface area (TPSA) is 39.7 Å². The Labute approximate surface area is 102 Å². The monoisotopic (exact) mass is 237 g/mol. The predicted octanol–water partition coefficient (Wildman–Crippen LogP) is 1.84. The maximum Gasteiger partial charge on any atom is 0.203 e. The highest BCUT2D eigenvalue weighted by Crippen LogP contribution is 2.38. The molecular formula is C13H19NO3. The fraction of sp³-hybridized carbons (Fsp3) is 0.538. The van der Waals surface area contributed by atoms with Crippen LogP contribution in [0.4, 0.5) is 0 Å². The molecule has 0 amide bonds. The van der Waals surface area contributed by atoms with Crippen molar-refractivity contribution in [1.29, 1.82) is 0 Å². The molecule has 0 saturated carbocycles. The van der Waals surface area contributed by atoms with Gasteiger partial charge in [-0.25, -0.2) is 0 Å². The van der Waals surface area contributed by atoms with Gasteiger partial charge in [-0.1, -0.05) is 13.0 Å². The third kappa shape index (κ3) is 3.27. The average molecular weight is 237 g/mol. The quantitative estimate of drug-likeness (QED) is 0.766. The summed E-state index contributed by atoms with van der Waals surface area (Å²) in [7, 11) is 0. The van der Waals surface area contributed by atoms with Crippen molar-refractivity contribution in [3.63, 3.8) is 0 Å². The summed E-state index contributed by atoms with van der Waals surface area (Å²) in [5, 5.41) is 3.29. The van der Waals surface area contributed by atoms with Gasteiger partial charge in [0.1, 0.15) is 19.8 Å². The van der Waals surface area contributed by atoms with E-state index < -0.39 is 0 Å². The molecule has 0 spiro atoms. The van der Waals surface area contributed by atoms with Gasteiger partial charge in [0.05, 0.1) is 0 Å². The molecule has 0 atom stereocenters. The first-order valence-corrected chi connectivity index (χ1v) is 6.14. The number of hydrogen-bond donors (Lipinski definition) is 1. The van der Waals surface area contributed by atoms with E-state index in [-0.39, 0.29) is 0 Å². The van der Waals surface area contributed by atoms with E-state index in [1.54, 1.807) is 0 Å². The van der Waals surface area contributed by atoms with Crippen molar-refractivity contribution in [2.75, 3.05) is 32.9 Å². The minimum absolute atomic E-state index is 0.585. The number of hydrogen-bond acceptors (Lipinski definition) is 4. The Balaban J connectivity index is 1.87. The second kappa shape index (κ2) is 6.35. The van der Waals surface area contributed by atoms with Crippen LogP contribution < -0.4 is 19.5 Å². The van der Waals surface area contributed by atoms with Gasteiger partial charge in [-0.3, -0.25) is 0 Å². The second-order valence-corrected chi connectivity index (χ2v) is 3.88. The predicted molar refractivity (Wildman–Crippen MR) is 66.1 cm³/mol. The summed E-state index contributed by atoms with van der Waals surface area (Å²) in [6.07, 6.45) is 1.14. The first kappa shape index (κ1) is 12.0. The highest BCUT2D eigenvalue weighted by molar-refractivity contribution is 5.51. The Morgan fingerprint density at radius 1 is 1.24 bits per heavy atom. The minimum atomic E-state index is 0.585. The number of rotatable bonds is 6. The molecule has 2 rings (SSSR count). The van der Waals surface area contributed by atoms with Gasteiger partial charge in [0.15, 0.2) is 11.5 Å². The molecule has 1 aliphatic heterocycles. The Kier molecular flexibility index (Phi) is 4.50. The van der Waals surface area contributed by atoms with Crippen LogP contribution in [0.5, 0.6) is 17.2 Å². The van der Waals surface area contributed by atoms with Crippen LogP contribution in [0.2, 0.25) is 0 Å². The molecule has 0 unspecified atom stereocenters. The summed E-state index contributed by atoms with van der Waals surface area (Å²) in [4.78, 5) is 0. The van der Waals surface area contributed by atoms with Gasteiger partial charge in [-0.2, -0.15) is 0 Å². The van der Waals surface area contributed by atoms with E-state index in [4.69, 9.17) is 14.2 Å². The van der Waals surface area contributed by atoms with Gasteiger partial charge < -0.3 is 19.5 Å². The van der Waals surface area contributed by atoms with Gasteiger partial charge in [0, 0.05) is 6.54 Å². The lowest BCUT2D eigenvalue weighted by atomic mass is 10.3. The lowest BCUT2D eigenvalue weighted by Gasteiger charge is -2.20. The minimum Gasteiger partial charge on any atom is -0.488 e. The number of para-hydroxylation sites is 1. The van der Waals surface area contributed by atoms with E-state index >= 15 is 0 Å². The lowest BCUT2D eigenvalue weighted by molar-refractivity contribution is 0.162. The Bertz CT molecular complexity index is 355. The number of ether oxygens (including phenoxy) is 3.